The highest BCUT2D eigenvalue weighted by atomic mass is 16.7. The molecule has 2 aliphatic carbocycles. The van der Waals surface area contributed by atoms with Gasteiger partial charge in [0.1, 0.15) is 24.4 Å². The molecule has 5 aliphatic heterocycles. The number of pyridine rings is 1. The molecule has 1 spiro atoms. The molecule has 0 radical (unpaired) electrons. The number of aromatic hydroxyl groups is 1. The van der Waals surface area contributed by atoms with Crippen molar-refractivity contribution >= 4 is 17.9 Å². The maximum Gasteiger partial charge on any atom is 0.340 e. The lowest BCUT2D eigenvalue weighted by molar-refractivity contribution is -0.0866. The van der Waals surface area contributed by atoms with Crippen molar-refractivity contribution in [1.82, 2.24) is 15.2 Å². The van der Waals surface area contributed by atoms with Crippen molar-refractivity contribution in [2.45, 2.75) is 101 Å². The molecule has 13 nitrogen and oxygen atoms in total. The molecule has 2 saturated carbocycles. The predicted octanol–water partition coefficient (Wildman–Crippen LogP) is 4.61. The van der Waals surface area contributed by atoms with Gasteiger partial charge in [0, 0.05) is 35.9 Å². The quantitative estimate of drug-likeness (QED) is 0.283. The van der Waals surface area contributed by atoms with Crippen LogP contribution in [0.15, 0.2) is 30.3 Å². The van der Waals surface area contributed by atoms with Gasteiger partial charge in [0.2, 0.25) is 6.79 Å². The van der Waals surface area contributed by atoms with Crippen LogP contribution in [-0.2, 0) is 26.2 Å². The van der Waals surface area contributed by atoms with Gasteiger partial charge in [0.15, 0.2) is 23.0 Å². The van der Waals surface area contributed by atoms with Crippen molar-refractivity contribution in [2.75, 3.05) is 26.9 Å². The number of ether oxygens (including phenoxy) is 6. The van der Waals surface area contributed by atoms with E-state index in [1.54, 1.807) is 26.0 Å². The zero-order valence-corrected chi connectivity index (χ0v) is 30.5. The number of benzene rings is 2. The van der Waals surface area contributed by atoms with E-state index in [1.807, 2.05) is 12.1 Å². The van der Waals surface area contributed by atoms with Crippen molar-refractivity contribution < 1.29 is 47.9 Å². The van der Waals surface area contributed by atoms with Crippen molar-refractivity contribution in [2.24, 2.45) is 5.92 Å². The van der Waals surface area contributed by atoms with Crippen LogP contribution >= 0.6 is 0 Å². The highest BCUT2D eigenvalue weighted by Gasteiger charge is 2.57. The van der Waals surface area contributed by atoms with Gasteiger partial charge in [0.25, 0.3) is 0 Å². The summed E-state index contributed by atoms with van der Waals surface area (Å²) in [5.74, 6) is 0.0627. The van der Waals surface area contributed by atoms with E-state index in [-0.39, 0.29) is 53.1 Å². The number of phenolic OH excluding ortho intramolecular Hbond substituents is 1. The average Bonchev–Trinajstić information content (AvgIpc) is 3.82. The number of carbonyl (C=O) groups excluding carboxylic acids is 3. The lowest BCUT2D eigenvalue weighted by Crippen LogP contribution is -2.55. The second-order valence-corrected chi connectivity index (χ2v) is 16.1. The summed E-state index contributed by atoms with van der Waals surface area (Å²) in [6.07, 6.45) is 2.12. The van der Waals surface area contributed by atoms with Gasteiger partial charge in [0.05, 0.1) is 28.1 Å². The van der Waals surface area contributed by atoms with Crippen LogP contribution < -0.4 is 19.5 Å². The summed E-state index contributed by atoms with van der Waals surface area (Å²) in [7, 11) is 2.08. The molecule has 2 aromatic carbocycles. The van der Waals surface area contributed by atoms with Gasteiger partial charge < -0.3 is 43.7 Å². The van der Waals surface area contributed by atoms with Crippen molar-refractivity contribution in [3.63, 3.8) is 0 Å². The minimum Gasteiger partial charge on any atom is -0.504 e. The van der Waals surface area contributed by atoms with Crippen LogP contribution in [-0.4, -0.2) is 90.3 Å². The lowest BCUT2D eigenvalue weighted by Gasteiger charge is -2.48. The molecule has 6 heterocycles. The first kappa shape index (κ1) is 33.7. The monoisotopic (exact) mass is 737 g/mol. The van der Waals surface area contributed by atoms with Crippen LogP contribution in [0.25, 0.3) is 0 Å². The molecular formula is C41H43N3O10. The first-order chi connectivity index (χ1) is 26.1. The molecule has 8 atom stereocenters. The molecular weight excluding hydrogens is 694 g/mol. The number of rotatable bonds is 4. The number of likely N-dealkylation sites (N-methyl/N-ethyl adjacent to an activating group) is 1. The summed E-state index contributed by atoms with van der Waals surface area (Å²) >= 11 is 0. The fourth-order valence-corrected chi connectivity index (χ4v) is 10.7. The van der Waals surface area contributed by atoms with Crippen LogP contribution in [0.1, 0.15) is 104 Å². The number of carbonyl (C=O) groups is 3. The van der Waals surface area contributed by atoms with Gasteiger partial charge in [-0.05, 0) is 107 Å². The Morgan fingerprint density at radius 3 is 2.57 bits per heavy atom. The molecule has 13 heteroatoms. The zero-order chi connectivity index (χ0) is 37.0. The Morgan fingerprint density at radius 2 is 1.76 bits per heavy atom. The van der Waals surface area contributed by atoms with Crippen LogP contribution in [0, 0.1) is 19.8 Å². The molecule has 0 unspecified atom stereocenters. The smallest absolute Gasteiger partial charge is 0.340 e. The van der Waals surface area contributed by atoms with E-state index in [9.17, 15) is 19.5 Å². The maximum atomic E-state index is 14.1. The van der Waals surface area contributed by atoms with Crippen molar-refractivity contribution in [3.05, 3.63) is 75.1 Å². The minimum absolute atomic E-state index is 0.0855. The number of aromatic nitrogens is 1. The van der Waals surface area contributed by atoms with E-state index in [4.69, 9.17) is 28.4 Å². The number of nitrogens with one attached hydrogen (secondary N) is 1. The Kier molecular flexibility index (Phi) is 7.68. The summed E-state index contributed by atoms with van der Waals surface area (Å²) in [5.41, 5.74) is 4.45. The van der Waals surface area contributed by atoms with E-state index < -0.39 is 36.2 Å². The molecule has 7 aliphatic rings. The van der Waals surface area contributed by atoms with Crippen LogP contribution in [0.4, 0.5) is 0 Å². The average molecular weight is 738 g/mol. The van der Waals surface area contributed by atoms with E-state index >= 15 is 0 Å². The molecule has 3 fully saturated rings. The van der Waals surface area contributed by atoms with Gasteiger partial charge >= 0.3 is 17.9 Å². The van der Waals surface area contributed by atoms with Crippen LogP contribution in [0.5, 0.6) is 23.0 Å². The van der Waals surface area contributed by atoms with Gasteiger partial charge in [-0.3, -0.25) is 4.98 Å². The molecule has 0 bridgehead atoms. The van der Waals surface area contributed by atoms with Crippen molar-refractivity contribution in [1.29, 1.82) is 0 Å². The Hall–Kier alpha value is -4.88. The third kappa shape index (κ3) is 5.03. The number of nitrogens with zero attached hydrogens (tertiary/aromatic N) is 2. The number of fused-ring (bicyclic) bond motifs is 6. The second-order valence-electron chi connectivity index (χ2n) is 16.1. The molecule has 0 amide bonds. The Bertz CT molecular complexity index is 2120. The Labute approximate surface area is 312 Å². The van der Waals surface area contributed by atoms with E-state index in [0.717, 1.165) is 55.6 Å². The summed E-state index contributed by atoms with van der Waals surface area (Å²) < 4.78 is 36.2. The minimum atomic E-state index is -0.710. The highest BCUT2D eigenvalue weighted by molar-refractivity contribution is 5.97. The van der Waals surface area contributed by atoms with Gasteiger partial charge in [-0.25, -0.2) is 14.4 Å². The zero-order valence-electron chi connectivity index (χ0n) is 30.5. The molecule has 54 heavy (non-hydrogen) atoms. The van der Waals surface area contributed by atoms with E-state index in [1.165, 1.54) is 6.07 Å². The number of likely N-dealkylation sites (tertiary alicyclic amines) is 1. The second kappa shape index (κ2) is 12.3. The molecule has 1 saturated heterocycles. The molecule has 282 valence electrons. The normalized spacial score (nSPS) is 31.5. The first-order valence-corrected chi connectivity index (χ1v) is 19.1. The topological polar surface area (TPSA) is 155 Å². The predicted molar refractivity (Wildman–Crippen MR) is 190 cm³/mol. The fourth-order valence-electron chi connectivity index (χ4n) is 10.7. The number of hydrogen-bond donors (Lipinski definition) is 2. The SMILES string of the molecule is Cc1nc(C)c(C(=O)O[C@H]2C[C@H]3CCN(C)[C@H]3[C@@H]3c4cc5c(cc4C(=O)O[C@H]32)OCO5)cc1C(=O)O[C@H]1CC[C@@]23CCNCc4ccc(O)c(c42)O[C@H]3C1. The molecule has 1 aromatic heterocycles. The standard InChI is InChI=1S/C41H43N3O10/c1-19-24(38(46)51-23-6-8-41-9-10-42-17-22-4-5-28(45)36(34(22)41)53-32(41)13-23)14-25(20(2)43-19)39(47)52-31-12-21-7-11-44(3)35(21)33-26-15-29-30(50-18-49-29)16-27(26)40(48)54-37(31)33/h4-5,14-16,21,23,31-33,35,37,42,45H,6-13,17-18H2,1-3H3/t21-,23+,31+,32+,33+,35-,37+,41+/m1/s1. The van der Waals surface area contributed by atoms with Gasteiger partial charge in [-0.2, -0.15) is 0 Å². The van der Waals surface area contributed by atoms with Crippen LogP contribution in [0.3, 0.4) is 0 Å². The highest BCUT2D eigenvalue weighted by Crippen LogP contribution is 2.57. The lowest BCUT2D eigenvalue weighted by atomic mass is 9.65. The fraction of sp³-hybridized carbons (Fsp3) is 0.512. The first-order valence-electron chi connectivity index (χ1n) is 19.1. The summed E-state index contributed by atoms with van der Waals surface area (Å²) in [4.78, 5) is 48.2. The Morgan fingerprint density at radius 1 is 0.981 bits per heavy atom. The van der Waals surface area contributed by atoms with Crippen molar-refractivity contribution in [3.8, 4) is 23.0 Å². The van der Waals surface area contributed by atoms with Gasteiger partial charge in [-0.1, -0.05) is 6.07 Å². The number of esters is 3. The van der Waals surface area contributed by atoms with Crippen LogP contribution in [0.2, 0.25) is 0 Å². The molecule has 10 rings (SSSR count). The maximum absolute atomic E-state index is 14.1. The number of phenols is 1. The molecule has 3 aromatic rings. The molecule has 2 N–H and O–H groups in total. The number of aryl methyl sites for hydroxylation is 2. The summed E-state index contributed by atoms with van der Waals surface area (Å²) in [6.45, 7) is 5.94. The summed E-state index contributed by atoms with van der Waals surface area (Å²) in [6, 6.07) is 8.84. The van der Waals surface area contributed by atoms with E-state index in [2.05, 4.69) is 22.2 Å². The number of hydrogen-bond acceptors (Lipinski definition) is 13. The summed E-state index contributed by atoms with van der Waals surface area (Å²) in [5, 5.41) is 14.2. The largest absolute Gasteiger partial charge is 0.504 e. The third-order valence-corrected chi connectivity index (χ3v) is 13.3. The Balaban J connectivity index is 0.886. The van der Waals surface area contributed by atoms with E-state index in [0.29, 0.717) is 53.5 Å². The van der Waals surface area contributed by atoms with Gasteiger partial charge in [-0.15, -0.1) is 0 Å². The third-order valence-electron chi connectivity index (χ3n) is 13.3.